The number of hydrogen-bond acceptors (Lipinski definition) is 5. The van der Waals surface area contributed by atoms with Gasteiger partial charge < -0.3 is 20.4 Å². The lowest BCUT2D eigenvalue weighted by atomic mass is 10.1. The van der Waals surface area contributed by atoms with E-state index in [9.17, 15) is 4.39 Å². The zero-order chi connectivity index (χ0) is 24.9. The highest BCUT2D eigenvalue weighted by Gasteiger charge is 2.28. The molecule has 2 N–H and O–H groups in total. The summed E-state index contributed by atoms with van der Waals surface area (Å²) in [6.07, 6.45) is 7.13. The van der Waals surface area contributed by atoms with Crippen LogP contribution in [0.15, 0.2) is 60.0 Å². The number of piperidine rings is 1. The van der Waals surface area contributed by atoms with Gasteiger partial charge in [0.2, 0.25) is 0 Å². The number of piperazine rings is 1. The molecule has 4 rings (SSSR count). The molecule has 2 aliphatic heterocycles. The number of likely N-dealkylation sites (tertiary alicyclic amines) is 1. The van der Waals surface area contributed by atoms with Crippen LogP contribution >= 0.6 is 11.6 Å². The molecule has 8 heteroatoms. The maximum Gasteiger partial charge on any atom is 0.147 e. The second kappa shape index (κ2) is 11.1. The zero-order valence-corrected chi connectivity index (χ0v) is 21.3. The van der Waals surface area contributed by atoms with E-state index < -0.39 is 0 Å². The van der Waals surface area contributed by atoms with Crippen LogP contribution in [0.4, 0.5) is 10.2 Å². The van der Waals surface area contributed by atoms with Crippen LogP contribution in [0.2, 0.25) is 5.02 Å². The van der Waals surface area contributed by atoms with Gasteiger partial charge in [-0.2, -0.15) is 0 Å². The average Bonchev–Trinajstić information content (AvgIpc) is 2.86. The fourth-order valence-corrected chi connectivity index (χ4v) is 4.87. The van der Waals surface area contributed by atoms with Crippen molar-refractivity contribution in [3.05, 3.63) is 77.0 Å². The van der Waals surface area contributed by atoms with Gasteiger partial charge in [0.05, 0.1) is 5.02 Å². The molecule has 0 unspecified atom stereocenters. The van der Waals surface area contributed by atoms with Gasteiger partial charge in [0.25, 0.3) is 0 Å². The topological polar surface area (TPSA) is 61.0 Å². The van der Waals surface area contributed by atoms with Crippen molar-refractivity contribution in [2.45, 2.75) is 39.2 Å². The van der Waals surface area contributed by atoms with Crippen molar-refractivity contribution in [3.8, 4) is 0 Å². The summed E-state index contributed by atoms with van der Waals surface area (Å²) in [5.41, 5.74) is 8.16. The minimum Gasteiger partial charge on any atom is -0.398 e. The molecule has 0 aliphatic carbocycles. The highest BCUT2D eigenvalue weighted by molar-refractivity contribution is 6.32. The summed E-state index contributed by atoms with van der Waals surface area (Å²) in [7, 11) is 0. The molecule has 0 spiro atoms. The number of nitrogens with two attached hydrogens (primary N) is 1. The SMILES string of the molecule is C=C(N=C(/C=C(\N)c1ccc(C)c(F)c1)N1CCN(c2ncccc2Cl)C[C@H]1C)N1CCCCC1. The first-order valence-corrected chi connectivity index (χ1v) is 12.6. The minimum absolute atomic E-state index is 0.119. The summed E-state index contributed by atoms with van der Waals surface area (Å²) in [5.74, 6) is 1.99. The zero-order valence-electron chi connectivity index (χ0n) is 20.6. The number of rotatable bonds is 5. The van der Waals surface area contributed by atoms with Crippen LogP contribution in [0.3, 0.4) is 0 Å². The summed E-state index contributed by atoms with van der Waals surface area (Å²) in [5, 5.41) is 0.644. The Morgan fingerprint density at radius 1 is 1.20 bits per heavy atom. The third-order valence-electron chi connectivity index (χ3n) is 6.71. The van der Waals surface area contributed by atoms with Gasteiger partial charge >= 0.3 is 0 Å². The molecule has 0 amide bonds. The van der Waals surface area contributed by atoms with Crippen LogP contribution in [0.5, 0.6) is 0 Å². The highest BCUT2D eigenvalue weighted by atomic mass is 35.5. The van der Waals surface area contributed by atoms with Crippen molar-refractivity contribution in [1.82, 2.24) is 14.8 Å². The van der Waals surface area contributed by atoms with Gasteiger partial charge in [-0.25, -0.2) is 14.4 Å². The van der Waals surface area contributed by atoms with E-state index in [1.54, 1.807) is 19.2 Å². The summed E-state index contributed by atoms with van der Waals surface area (Å²) >= 11 is 6.40. The predicted molar refractivity (Wildman–Crippen MR) is 143 cm³/mol. The van der Waals surface area contributed by atoms with E-state index in [0.29, 0.717) is 28.4 Å². The first kappa shape index (κ1) is 25.0. The Morgan fingerprint density at radius 2 is 1.97 bits per heavy atom. The van der Waals surface area contributed by atoms with Gasteiger partial charge in [0.15, 0.2) is 0 Å². The Kier molecular flexibility index (Phi) is 7.96. The number of amidine groups is 1. The van der Waals surface area contributed by atoms with Crippen LogP contribution in [0.25, 0.3) is 5.70 Å². The maximum absolute atomic E-state index is 14.2. The van der Waals surface area contributed by atoms with Gasteiger partial charge in [-0.15, -0.1) is 0 Å². The Hall–Kier alpha value is -3.06. The number of benzene rings is 1. The molecule has 1 aromatic carbocycles. The molecule has 2 saturated heterocycles. The van der Waals surface area contributed by atoms with E-state index in [1.165, 1.54) is 12.5 Å². The first-order chi connectivity index (χ1) is 16.8. The predicted octanol–water partition coefficient (Wildman–Crippen LogP) is 5.05. The summed E-state index contributed by atoms with van der Waals surface area (Å²) < 4.78 is 14.2. The molecule has 2 aromatic rings. The molecule has 2 fully saturated rings. The van der Waals surface area contributed by atoms with Crippen molar-refractivity contribution in [1.29, 1.82) is 0 Å². The fourth-order valence-electron chi connectivity index (χ4n) is 4.63. The monoisotopic (exact) mass is 496 g/mol. The van der Waals surface area contributed by atoms with Crippen molar-refractivity contribution in [3.63, 3.8) is 0 Å². The quantitative estimate of drug-likeness (QED) is 0.463. The summed E-state index contributed by atoms with van der Waals surface area (Å²) in [4.78, 5) is 16.1. The third kappa shape index (κ3) is 5.96. The smallest absolute Gasteiger partial charge is 0.147 e. The standard InChI is InChI=1S/C27H34ClFN6/c1-19-9-10-22(16-24(19)29)25(30)17-26(32-21(3)33-12-5-4-6-13-33)35-15-14-34(18-20(35)2)27-23(28)8-7-11-31-27/h7-11,16-17,20H,3-6,12-15,18,30H2,1-2H3/b25-17-,32-26?/t20-/m1/s1. The molecule has 0 bridgehead atoms. The molecule has 0 saturated carbocycles. The average molecular weight is 497 g/mol. The lowest BCUT2D eigenvalue weighted by molar-refractivity contribution is 0.277. The number of aliphatic imine (C=N–C) groups is 1. The van der Waals surface area contributed by atoms with E-state index in [0.717, 1.165) is 56.5 Å². The Bertz CT molecular complexity index is 1120. The number of nitrogens with zero attached hydrogens (tertiary/aromatic N) is 5. The Balaban J connectivity index is 1.62. The lowest BCUT2D eigenvalue weighted by Crippen LogP contribution is -2.54. The molecule has 1 aromatic heterocycles. The number of pyridine rings is 1. The number of hydrogen-bond donors (Lipinski definition) is 1. The minimum atomic E-state index is -0.274. The molecule has 2 aliphatic rings. The number of aryl methyl sites for hydroxylation is 1. The molecular formula is C27H34ClFN6. The van der Waals surface area contributed by atoms with Crippen LogP contribution in [-0.4, -0.2) is 59.4 Å². The first-order valence-electron chi connectivity index (χ1n) is 12.2. The van der Waals surface area contributed by atoms with Crippen molar-refractivity contribution in [2.75, 3.05) is 37.6 Å². The van der Waals surface area contributed by atoms with Crippen LogP contribution in [0, 0.1) is 12.7 Å². The van der Waals surface area contributed by atoms with Gasteiger partial charge in [-0.05, 0) is 56.9 Å². The van der Waals surface area contributed by atoms with Gasteiger partial charge in [0, 0.05) is 62.3 Å². The molecule has 0 radical (unpaired) electrons. The second-order valence-electron chi connectivity index (χ2n) is 9.29. The van der Waals surface area contributed by atoms with Crippen molar-refractivity contribution < 1.29 is 4.39 Å². The third-order valence-corrected chi connectivity index (χ3v) is 7.01. The number of halogens is 2. The van der Waals surface area contributed by atoms with E-state index in [1.807, 2.05) is 24.3 Å². The lowest BCUT2D eigenvalue weighted by Gasteiger charge is -2.42. The van der Waals surface area contributed by atoms with E-state index in [-0.39, 0.29) is 11.9 Å². The van der Waals surface area contributed by atoms with E-state index in [2.05, 4.69) is 33.2 Å². The molecule has 1 atom stereocenters. The van der Waals surface area contributed by atoms with E-state index in [4.69, 9.17) is 22.3 Å². The largest absolute Gasteiger partial charge is 0.398 e. The van der Waals surface area contributed by atoms with Crippen LogP contribution in [-0.2, 0) is 0 Å². The molecular weight excluding hydrogens is 463 g/mol. The molecule has 186 valence electrons. The van der Waals surface area contributed by atoms with Gasteiger partial charge in [0.1, 0.15) is 23.3 Å². The van der Waals surface area contributed by atoms with Crippen molar-refractivity contribution >= 4 is 29.0 Å². The second-order valence-corrected chi connectivity index (χ2v) is 9.70. The van der Waals surface area contributed by atoms with Gasteiger partial charge in [-0.3, -0.25) is 0 Å². The van der Waals surface area contributed by atoms with E-state index >= 15 is 0 Å². The Labute approximate surface area is 212 Å². The molecule has 6 nitrogen and oxygen atoms in total. The number of anilines is 1. The summed E-state index contributed by atoms with van der Waals surface area (Å²) in [6.45, 7) is 12.3. The molecule has 35 heavy (non-hydrogen) atoms. The van der Waals surface area contributed by atoms with Crippen molar-refractivity contribution in [2.24, 2.45) is 10.7 Å². The van der Waals surface area contributed by atoms with Crippen LogP contribution in [0.1, 0.15) is 37.3 Å². The number of aromatic nitrogens is 1. The fraction of sp³-hybridized carbons (Fsp3) is 0.407. The highest BCUT2D eigenvalue weighted by Crippen LogP contribution is 2.26. The molecule has 3 heterocycles. The van der Waals surface area contributed by atoms with Gasteiger partial charge in [-0.1, -0.05) is 30.3 Å². The maximum atomic E-state index is 14.2. The summed E-state index contributed by atoms with van der Waals surface area (Å²) in [6, 6.07) is 8.87. The van der Waals surface area contributed by atoms with Crippen LogP contribution < -0.4 is 10.6 Å². The normalized spacial score (nSPS) is 19.8. The Morgan fingerprint density at radius 3 is 2.66 bits per heavy atom.